The minimum atomic E-state index is -0.671. The number of carbonyl (C=O) groups is 1. The first-order valence-electron chi connectivity index (χ1n) is 9.97. The fourth-order valence-electron chi connectivity index (χ4n) is 3.68. The number of rotatable bonds is 5. The first-order chi connectivity index (χ1) is 16.4. The van der Waals surface area contributed by atoms with Gasteiger partial charge in [-0.25, -0.2) is 4.79 Å². The second-order valence-corrected chi connectivity index (χ2v) is 8.07. The number of nitriles is 1. The van der Waals surface area contributed by atoms with Crippen molar-refractivity contribution in [1.29, 1.82) is 5.26 Å². The number of fused-ring (bicyclic) bond motifs is 1. The van der Waals surface area contributed by atoms with Crippen LogP contribution in [0, 0.1) is 11.3 Å². The van der Waals surface area contributed by atoms with Crippen LogP contribution < -0.4 is 24.7 Å². The van der Waals surface area contributed by atoms with E-state index in [9.17, 15) is 10.1 Å². The molecule has 7 nitrogen and oxygen atoms in total. The normalized spacial score (nSPS) is 14.5. The summed E-state index contributed by atoms with van der Waals surface area (Å²) >= 11 is 12.2. The Hall–Kier alpha value is -3.86. The van der Waals surface area contributed by atoms with Crippen molar-refractivity contribution in [2.75, 3.05) is 14.2 Å². The lowest BCUT2D eigenvalue weighted by Gasteiger charge is -2.26. The summed E-state index contributed by atoms with van der Waals surface area (Å²) in [6.45, 7) is 0. The summed E-state index contributed by atoms with van der Waals surface area (Å²) in [4.78, 5) is 12.7. The lowest BCUT2D eigenvalue weighted by Crippen LogP contribution is -2.21. The second-order valence-electron chi connectivity index (χ2n) is 7.26. The molecule has 1 heterocycles. The van der Waals surface area contributed by atoms with E-state index in [2.05, 4.69) is 6.07 Å². The largest absolute Gasteiger partial charge is 0.497 e. The minimum Gasteiger partial charge on any atom is -0.497 e. The van der Waals surface area contributed by atoms with Gasteiger partial charge in [-0.2, -0.15) is 5.26 Å². The van der Waals surface area contributed by atoms with Crippen LogP contribution >= 0.6 is 23.2 Å². The Labute approximate surface area is 205 Å². The molecule has 0 aliphatic carbocycles. The molecule has 1 aliphatic rings. The summed E-state index contributed by atoms with van der Waals surface area (Å²) in [7, 11) is 3.00. The topological polar surface area (TPSA) is 104 Å². The third-order valence-corrected chi connectivity index (χ3v) is 5.85. The van der Waals surface area contributed by atoms with Gasteiger partial charge in [-0.3, -0.25) is 0 Å². The van der Waals surface area contributed by atoms with Gasteiger partial charge in [-0.05, 0) is 35.9 Å². The number of nitrogens with zero attached hydrogens (tertiary/aromatic N) is 1. The van der Waals surface area contributed by atoms with Crippen LogP contribution in [0.2, 0.25) is 10.0 Å². The van der Waals surface area contributed by atoms with Crippen molar-refractivity contribution in [3.63, 3.8) is 0 Å². The molecule has 0 saturated heterocycles. The fourth-order valence-corrected chi connectivity index (χ4v) is 4.32. The SMILES string of the molecule is COc1ccc(C2C(C#N)=C(N)Oc3cc(OC(=O)c4cc(Cl)c(OC)c(Cl)c4)ccc32)cc1. The molecule has 2 N–H and O–H groups in total. The minimum absolute atomic E-state index is 0.0204. The van der Waals surface area contributed by atoms with Crippen LogP contribution in [0.3, 0.4) is 0 Å². The zero-order valence-corrected chi connectivity index (χ0v) is 19.6. The lowest BCUT2D eigenvalue weighted by molar-refractivity contribution is 0.0734. The van der Waals surface area contributed by atoms with E-state index in [1.165, 1.54) is 25.3 Å². The van der Waals surface area contributed by atoms with Crippen molar-refractivity contribution in [3.8, 4) is 29.1 Å². The molecule has 3 aromatic rings. The van der Waals surface area contributed by atoms with E-state index < -0.39 is 11.9 Å². The number of hydrogen-bond acceptors (Lipinski definition) is 7. The number of hydrogen-bond donors (Lipinski definition) is 1. The molecule has 1 atom stereocenters. The van der Waals surface area contributed by atoms with E-state index in [-0.39, 0.29) is 38.6 Å². The van der Waals surface area contributed by atoms with Crippen molar-refractivity contribution >= 4 is 29.2 Å². The number of ether oxygens (including phenoxy) is 4. The maximum Gasteiger partial charge on any atom is 0.343 e. The molecule has 3 aromatic carbocycles. The summed E-state index contributed by atoms with van der Waals surface area (Å²) in [5, 5.41) is 10.1. The van der Waals surface area contributed by atoms with E-state index in [0.29, 0.717) is 17.1 Å². The standard InChI is InChI=1S/C25H18Cl2N2O5/c1-31-15-5-3-13(4-6-15)22-17-8-7-16(11-21(17)34-24(29)18(22)12-28)33-25(30)14-9-19(26)23(32-2)20(27)10-14/h3-11,22H,29H2,1-2H3. The molecule has 9 heteroatoms. The predicted molar refractivity (Wildman–Crippen MR) is 127 cm³/mol. The van der Waals surface area contributed by atoms with E-state index in [0.717, 1.165) is 5.56 Å². The zero-order valence-electron chi connectivity index (χ0n) is 18.1. The Kier molecular flexibility index (Phi) is 6.55. The predicted octanol–water partition coefficient (Wildman–Crippen LogP) is 5.45. The van der Waals surface area contributed by atoms with Crippen LogP contribution in [0.1, 0.15) is 27.4 Å². The molecular weight excluding hydrogens is 479 g/mol. The molecule has 0 amide bonds. The summed E-state index contributed by atoms with van der Waals surface area (Å²) < 4.78 is 21.5. The molecule has 0 saturated carbocycles. The molecule has 1 unspecified atom stereocenters. The quantitative estimate of drug-likeness (QED) is 0.369. The van der Waals surface area contributed by atoms with Gasteiger partial charge in [0.2, 0.25) is 5.88 Å². The van der Waals surface area contributed by atoms with Gasteiger partial charge < -0.3 is 24.7 Å². The molecule has 0 aromatic heterocycles. The van der Waals surface area contributed by atoms with Crippen molar-refractivity contribution in [1.82, 2.24) is 0 Å². The molecule has 172 valence electrons. The van der Waals surface area contributed by atoms with Crippen molar-refractivity contribution in [2.45, 2.75) is 5.92 Å². The molecule has 0 bridgehead atoms. The third kappa shape index (κ3) is 4.34. The van der Waals surface area contributed by atoms with Gasteiger partial charge >= 0.3 is 5.97 Å². The van der Waals surface area contributed by atoms with Crippen LogP contribution in [-0.2, 0) is 0 Å². The molecule has 4 rings (SSSR count). The van der Waals surface area contributed by atoms with Gasteiger partial charge in [-0.15, -0.1) is 0 Å². The zero-order chi connectivity index (χ0) is 24.4. The number of carbonyl (C=O) groups excluding carboxylic acids is 1. The molecule has 1 aliphatic heterocycles. The summed E-state index contributed by atoms with van der Waals surface area (Å²) in [6.07, 6.45) is 0. The van der Waals surface area contributed by atoms with Crippen LogP contribution in [0.25, 0.3) is 0 Å². The smallest absolute Gasteiger partial charge is 0.343 e. The van der Waals surface area contributed by atoms with E-state index in [1.807, 2.05) is 12.1 Å². The second kappa shape index (κ2) is 9.56. The number of allylic oxidation sites excluding steroid dienone is 1. The van der Waals surface area contributed by atoms with E-state index in [1.54, 1.807) is 31.4 Å². The monoisotopic (exact) mass is 496 g/mol. The van der Waals surface area contributed by atoms with Gasteiger partial charge in [0.1, 0.15) is 28.9 Å². The number of halogens is 2. The molecule has 0 fully saturated rings. The highest BCUT2D eigenvalue weighted by Gasteiger charge is 2.31. The number of methoxy groups -OCH3 is 2. The molecule has 0 spiro atoms. The average molecular weight is 497 g/mol. The Morgan fingerprint density at radius 1 is 1.00 bits per heavy atom. The number of nitrogens with two attached hydrogens (primary N) is 1. The van der Waals surface area contributed by atoms with Crippen LogP contribution in [0.15, 0.2) is 66.1 Å². The van der Waals surface area contributed by atoms with Crippen molar-refractivity contribution < 1.29 is 23.7 Å². The number of esters is 1. The van der Waals surface area contributed by atoms with Gasteiger partial charge in [0.05, 0.1) is 35.7 Å². The fraction of sp³-hybridized carbons (Fsp3) is 0.120. The maximum atomic E-state index is 12.7. The number of benzene rings is 3. The van der Waals surface area contributed by atoms with Crippen LogP contribution in [0.4, 0.5) is 0 Å². The first kappa shape index (κ1) is 23.3. The Morgan fingerprint density at radius 3 is 2.24 bits per heavy atom. The molecule has 0 radical (unpaired) electrons. The third-order valence-electron chi connectivity index (χ3n) is 5.29. The summed E-state index contributed by atoms with van der Waals surface area (Å²) in [6, 6.07) is 17.1. The van der Waals surface area contributed by atoms with Crippen LogP contribution in [-0.4, -0.2) is 20.2 Å². The molecular formula is C25H18Cl2N2O5. The highest BCUT2D eigenvalue weighted by atomic mass is 35.5. The highest BCUT2D eigenvalue weighted by Crippen LogP contribution is 2.44. The average Bonchev–Trinajstić information content (AvgIpc) is 2.83. The summed E-state index contributed by atoms with van der Waals surface area (Å²) in [5.74, 6) is 0.392. The van der Waals surface area contributed by atoms with Gasteiger partial charge in [0.15, 0.2) is 5.75 Å². The van der Waals surface area contributed by atoms with Crippen molar-refractivity contribution in [3.05, 3.63) is 92.8 Å². The van der Waals surface area contributed by atoms with E-state index >= 15 is 0 Å². The lowest BCUT2D eigenvalue weighted by atomic mass is 9.83. The Morgan fingerprint density at radius 2 is 1.65 bits per heavy atom. The van der Waals surface area contributed by atoms with Gasteiger partial charge in [-0.1, -0.05) is 41.4 Å². The molecule has 34 heavy (non-hydrogen) atoms. The Balaban J connectivity index is 1.66. The van der Waals surface area contributed by atoms with E-state index in [4.69, 9.17) is 47.9 Å². The van der Waals surface area contributed by atoms with Gasteiger partial charge in [0.25, 0.3) is 0 Å². The van der Waals surface area contributed by atoms with Crippen LogP contribution in [0.5, 0.6) is 23.0 Å². The summed E-state index contributed by atoms with van der Waals surface area (Å²) in [5.41, 5.74) is 8.02. The van der Waals surface area contributed by atoms with Crippen molar-refractivity contribution in [2.24, 2.45) is 5.73 Å². The maximum absolute atomic E-state index is 12.7. The Bertz CT molecular complexity index is 1320. The van der Waals surface area contributed by atoms with Gasteiger partial charge in [0, 0.05) is 11.6 Å². The first-order valence-corrected chi connectivity index (χ1v) is 10.7. The highest BCUT2D eigenvalue weighted by molar-refractivity contribution is 6.37.